The van der Waals surface area contributed by atoms with Crippen LogP contribution in [0.3, 0.4) is 0 Å². The summed E-state index contributed by atoms with van der Waals surface area (Å²) < 4.78 is 51.7. The maximum Gasteiger partial charge on any atom is 0.446 e. The van der Waals surface area contributed by atoms with Crippen LogP contribution >= 0.6 is 11.8 Å². The number of aliphatic imine (C=N–C) groups is 1. The molecule has 1 aromatic rings. The second kappa shape index (κ2) is 9.15. The van der Waals surface area contributed by atoms with Crippen molar-refractivity contribution < 1.29 is 22.4 Å². The third kappa shape index (κ3) is 5.28. The molecule has 2 heterocycles. The lowest BCUT2D eigenvalue weighted by molar-refractivity contribution is -0.0755. The number of carbonyl (C=O) groups excluding carboxylic acids is 1. The van der Waals surface area contributed by atoms with E-state index < -0.39 is 11.3 Å². The predicted octanol–water partition coefficient (Wildman–Crippen LogP) is 4.37. The number of hydrogen-bond acceptors (Lipinski definition) is 4. The Morgan fingerprint density at radius 1 is 1.30 bits per heavy atom. The summed E-state index contributed by atoms with van der Waals surface area (Å²) in [5.41, 5.74) is -1.16. The van der Waals surface area contributed by atoms with Crippen LogP contribution in [0, 0.1) is 23.1 Å². The molecule has 180 valence electrons. The molecule has 3 fully saturated rings. The van der Waals surface area contributed by atoms with E-state index >= 15 is 0 Å². The zero-order valence-electron chi connectivity index (χ0n) is 18.4. The molecule has 11 heteroatoms. The molecule has 6 nitrogen and oxygen atoms in total. The monoisotopic (exact) mass is 485 g/mol. The lowest BCUT2D eigenvalue weighted by atomic mass is 9.56. The fraction of sp³-hybridized carbons (Fsp3) is 0.591. The van der Waals surface area contributed by atoms with Crippen LogP contribution in [-0.4, -0.2) is 67.1 Å². The molecule has 1 atom stereocenters. The fourth-order valence-electron chi connectivity index (χ4n) is 5.38. The zero-order valence-corrected chi connectivity index (χ0v) is 19.2. The summed E-state index contributed by atoms with van der Waals surface area (Å²) in [7, 11) is 1.70. The van der Waals surface area contributed by atoms with Crippen LogP contribution in [0.25, 0.3) is 0 Å². The number of hydrogen-bond donors (Lipinski definition) is 1. The average molecular weight is 486 g/mol. The van der Waals surface area contributed by atoms with Crippen molar-refractivity contribution in [1.82, 2.24) is 15.2 Å². The van der Waals surface area contributed by atoms with Crippen molar-refractivity contribution in [1.29, 1.82) is 0 Å². The Balaban J connectivity index is 1.23. The van der Waals surface area contributed by atoms with Gasteiger partial charge in [0.15, 0.2) is 5.84 Å². The van der Waals surface area contributed by atoms with E-state index in [9.17, 15) is 22.4 Å². The van der Waals surface area contributed by atoms with Gasteiger partial charge in [0.05, 0.1) is 0 Å². The van der Waals surface area contributed by atoms with E-state index in [1.165, 1.54) is 12.1 Å². The minimum absolute atomic E-state index is 0.0308. The molecule has 2 saturated heterocycles. The van der Waals surface area contributed by atoms with Crippen molar-refractivity contribution in [2.24, 2.45) is 27.3 Å². The number of hydrazone groups is 1. The molecular formula is C22H27F4N5OS. The molecular weight excluding hydrogens is 458 g/mol. The first-order valence-electron chi connectivity index (χ1n) is 10.9. The summed E-state index contributed by atoms with van der Waals surface area (Å²) >= 11 is -0.306. The number of thioether (sulfide) groups is 1. The van der Waals surface area contributed by atoms with Crippen LogP contribution in [0.15, 0.2) is 33.2 Å². The van der Waals surface area contributed by atoms with Crippen molar-refractivity contribution in [3.05, 3.63) is 29.6 Å². The van der Waals surface area contributed by atoms with Crippen LogP contribution in [0.5, 0.6) is 0 Å². The van der Waals surface area contributed by atoms with E-state index in [1.54, 1.807) is 7.05 Å². The number of likely N-dealkylation sites (tertiary alicyclic amines) is 2. The SMILES string of the molecule is C=N/C(=N\NC)[C@H]1CCN(C(=O)N2CC3(CC(Cc4ccc(SC(F)(F)F)cc4F)C3)C2)C1. The molecule has 4 rings (SSSR count). The van der Waals surface area contributed by atoms with E-state index in [2.05, 4.69) is 22.2 Å². The minimum atomic E-state index is -4.43. The first-order chi connectivity index (χ1) is 15.6. The van der Waals surface area contributed by atoms with Gasteiger partial charge in [-0.3, -0.25) is 0 Å². The number of urea groups is 1. The van der Waals surface area contributed by atoms with Crippen molar-refractivity contribution in [3.63, 3.8) is 0 Å². The summed E-state index contributed by atoms with van der Waals surface area (Å²) in [4.78, 5) is 20.3. The summed E-state index contributed by atoms with van der Waals surface area (Å²) in [6.07, 6.45) is 3.11. The van der Waals surface area contributed by atoms with Crippen molar-refractivity contribution in [2.75, 3.05) is 33.2 Å². The molecule has 33 heavy (non-hydrogen) atoms. The highest BCUT2D eigenvalue weighted by Crippen LogP contribution is 2.53. The molecule has 1 aromatic carbocycles. The molecule has 1 saturated carbocycles. The number of alkyl halides is 3. The first kappa shape index (κ1) is 23.8. The smallest absolute Gasteiger partial charge is 0.324 e. The van der Waals surface area contributed by atoms with E-state index in [4.69, 9.17) is 0 Å². The van der Waals surface area contributed by atoms with Gasteiger partial charge in [0, 0.05) is 49.5 Å². The second-order valence-corrected chi connectivity index (χ2v) is 10.3. The molecule has 2 aliphatic heterocycles. The van der Waals surface area contributed by atoms with Gasteiger partial charge in [-0.2, -0.15) is 18.3 Å². The van der Waals surface area contributed by atoms with Crippen LogP contribution in [0.1, 0.15) is 24.8 Å². The first-order valence-corrected chi connectivity index (χ1v) is 11.7. The number of carbonyl (C=O) groups is 1. The standard InChI is InChI=1S/C22H27F4N5OS/c1-27-19(29-28-2)16-5-6-30(11-16)20(32)31-12-21(13-31)9-14(10-21)7-15-3-4-17(8-18(15)23)33-22(24,25)26/h3-4,8,14,16,28H,1,5-7,9-13H2,2H3/b29-19-/t16-/m0/s1. The topological polar surface area (TPSA) is 60.3 Å². The van der Waals surface area contributed by atoms with Gasteiger partial charge >= 0.3 is 11.5 Å². The van der Waals surface area contributed by atoms with E-state index in [1.807, 2.05) is 9.80 Å². The summed E-state index contributed by atoms with van der Waals surface area (Å²) in [5, 5.41) is 4.12. The van der Waals surface area contributed by atoms with Gasteiger partial charge in [-0.05, 0) is 67.8 Å². The highest BCUT2D eigenvalue weighted by atomic mass is 32.2. The number of amides is 2. The third-order valence-electron chi connectivity index (χ3n) is 6.75. The average Bonchev–Trinajstić information content (AvgIpc) is 3.16. The molecule has 0 aromatic heterocycles. The van der Waals surface area contributed by atoms with Gasteiger partial charge in [0.1, 0.15) is 5.82 Å². The Kier molecular flexibility index (Phi) is 6.61. The number of nitrogens with one attached hydrogen (secondary N) is 1. The third-order valence-corrected chi connectivity index (χ3v) is 7.47. The molecule has 1 aliphatic carbocycles. The zero-order chi connectivity index (χ0) is 23.8. The highest BCUT2D eigenvalue weighted by Gasteiger charge is 2.54. The molecule has 0 unspecified atom stereocenters. The highest BCUT2D eigenvalue weighted by molar-refractivity contribution is 8.00. The number of halogens is 4. The van der Waals surface area contributed by atoms with Gasteiger partial charge in [0.25, 0.3) is 0 Å². The number of rotatable bonds is 5. The number of amidine groups is 1. The summed E-state index contributed by atoms with van der Waals surface area (Å²) in [6, 6.07) is 3.78. The van der Waals surface area contributed by atoms with Crippen molar-refractivity contribution >= 4 is 30.3 Å². The van der Waals surface area contributed by atoms with Gasteiger partial charge in [0.2, 0.25) is 0 Å². The summed E-state index contributed by atoms with van der Waals surface area (Å²) in [6.45, 7) is 6.19. The van der Waals surface area contributed by atoms with Crippen LogP contribution < -0.4 is 5.43 Å². The van der Waals surface area contributed by atoms with Crippen molar-refractivity contribution in [3.8, 4) is 0 Å². The van der Waals surface area contributed by atoms with Gasteiger partial charge in [-0.15, -0.1) is 0 Å². The molecule has 1 N–H and O–H groups in total. The lowest BCUT2D eigenvalue weighted by Gasteiger charge is -2.59. The van der Waals surface area contributed by atoms with E-state index in [0.29, 0.717) is 44.0 Å². The van der Waals surface area contributed by atoms with Crippen molar-refractivity contribution in [2.45, 2.75) is 36.1 Å². The Morgan fingerprint density at radius 2 is 2.03 bits per heavy atom. The van der Waals surface area contributed by atoms with E-state index in [-0.39, 0.29) is 39.9 Å². The Hall–Kier alpha value is -2.30. The Labute approximate surface area is 194 Å². The maximum absolute atomic E-state index is 14.3. The largest absolute Gasteiger partial charge is 0.446 e. The molecule has 1 spiro atoms. The minimum Gasteiger partial charge on any atom is -0.324 e. The lowest BCUT2D eigenvalue weighted by Crippen LogP contribution is -2.65. The van der Waals surface area contributed by atoms with Crippen LogP contribution in [-0.2, 0) is 6.42 Å². The molecule has 0 bridgehead atoms. The van der Waals surface area contributed by atoms with Crippen LogP contribution in [0.4, 0.5) is 22.4 Å². The van der Waals surface area contributed by atoms with Crippen LogP contribution in [0.2, 0.25) is 0 Å². The molecule has 0 radical (unpaired) electrons. The summed E-state index contributed by atoms with van der Waals surface area (Å²) in [5.74, 6) is 0.396. The maximum atomic E-state index is 14.3. The van der Waals surface area contributed by atoms with Gasteiger partial charge < -0.3 is 15.2 Å². The predicted molar refractivity (Wildman–Crippen MR) is 120 cm³/mol. The fourth-order valence-corrected chi connectivity index (χ4v) is 5.95. The second-order valence-electron chi connectivity index (χ2n) is 9.20. The Morgan fingerprint density at radius 3 is 2.64 bits per heavy atom. The normalized spacial score (nSPS) is 22.8. The molecule has 2 amide bonds. The number of nitrogens with zero attached hydrogens (tertiary/aromatic N) is 4. The van der Waals surface area contributed by atoms with Gasteiger partial charge in [-0.1, -0.05) is 6.07 Å². The van der Waals surface area contributed by atoms with E-state index in [0.717, 1.165) is 25.3 Å². The quantitative estimate of drug-likeness (QED) is 0.222. The molecule has 3 aliphatic rings. The number of benzene rings is 1. The Bertz CT molecular complexity index is 939. The van der Waals surface area contributed by atoms with Gasteiger partial charge in [-0.25, -0.2) is 14.2 Å².